The summed E-state index contributed by atoms with van der Waals surface area (Å²) in [6, 6.07) is 3.83. The van der Waals surface area contributed by atoms with E-state index in [1.165, 1.54) is 6.33 Å². The first-order chi connectivity index (χ1) is 6.38. The van der Waals surface area contributed by atoms with Crippen LogP contribution in [-0.4, -0.2) is 27.2 Å². The maximum absolute atomic E-state index is 4.02. The molecule has 0 aliphatic carbocycles. The van der Waals surface area contributed by atoms with Crippen LogP contribution >= 0.6 is 0 Å². The predicted octanol–water partition coefficient (Wildman–Crippen LogP) is 0.968. The van der Waals surface area contributed by atoms with Crippen LogP contribution in [0.25, 0.3) is 0 Å². The van der Waals surface area contributed by atoms with Gasteiger partial charge >= 0.3 is 0 Å². The Morgan fingerprint density at radius 1 is 1.46 bits per heavy atom. The lowest BCUT2D eigenvalue weighted by atomic mass is 10.4. The number of hydrogen-bond donors (Lipinski definition) is 1. The average Bonchev–Trinajstić information content (AvgIpc) is 2.71. The zero-order valence-electron chi connectivity index (χ0n) is 7.18. The van der Waals surface area contributed by atoms with Crippen molar-refractivity contribution in [3.05, 3.63) is 30.9 Å². The van der Waals surface area contributed by atoms with Crippen LogP contribution in [0.4, 0.5) is 11.6 Å². The van der Waals surface area contributed by atoms with Crippen LogP contribution in [0.15, 0.2) is 30.9 Å². The van der Waals surface area contributed by atoms with Crippen molar-refractivity contribution in [2.75, 3.05) is 11.9 Å². The van der Waals surface area contributed by atoms with E-state index in [2.05, 4.69) is 20.2 Å². The largest absolute Gasteiger partial charge is 0.312 e. The summed E-state index contributed by atoms with van der Waals surface area (Å²) in [6.45, 7) is 0. The third-order valence-corrected chi connectivity index (χ3v) is 1.75. The molecule has 0 radical (unpaired) electrons. The first-order valence-corrected chi connectivity index (χ1v) is 3.87. The van der Waals surface area contributed by atoms with Crippen LogP contribution in [-0.2, 0) is 0 Å². The van der Waals surface area contributed by atoms with Gasteiger partial charge in [0.05, 0.1) is 11.9 Å². The molecule has 5 nitrogen and oxygen atoms in total. The monoisotopic (exact) mass is 175 g/mol. The standard InChI is InChI=1S/C8H9N5/c1-13(8-10-6-11-12-8)7-3-2-4-9-5-7/h2-6H,1H3,(H,10,11,12). The Morgan fingerprint density at radius 3 is 3.00 bits per heavy atom. The summed E-state index contributed by atoms with van der Waals surface area (Å²) in [4.78, 5) is 9.91. The van der Waals surface area contributed by atoms with Crippen LogP contribution < -0.4 is 4.90 Å². The minimum atomic E-state index is 0.702. The van der Waals surface area contributed by atoms with E-state index < -0.39 is 0 Å². The van der Waals surface area contributed by atoms with Gasteiger partial charge in [0.1, 0.15) is 6.33 Å². The maximum atomic E-state index is 4.02. The van der Waals surface area contributed by atoms with Gasteiger partial charge in [0.25, 0.3) is 0 Å². The van der Waals surface area contributed by atoms with E-state index >= 15 is 0 Å². The molecule has 0 spiro atoms. The summed E-state index contributed by atoms with van der Waals surface area (Å²) in [5, 5.41) is 6.54. The minimum Gasteiger partial charge on any atom is -0.312 e. The van der Waals surface area contributed by atoms with Crippen molar-refractivity contribution in [2.45, 2.75) is 0 Å². The molecule has 0 aromatic carbocycles. The van der Waals surface area contributed by atoms with E-state index in [1.54, 1.807) is 12.4 Å². The van der Waals surface area contributed by atoms with Crippen LogP contribution in [0, 0.1) is 0 Å². The van der Waals surface area contributed by atoms with Gasteiger partial charge in [0.2, 0.25) is 5.95 Å². The van der Waals surface area contributed by atoms with Crippen molar-refractivity contribution in [3.8, 4) is 0 Å². The van der Waals surface area contributed by atoms with Crippen molar-refractivity contribution in [3.63, 3.8) is 0 Å². The highest BCUT2D eigenvalue weighted by Crippen LogP contribution is 2.16. The van der Waals surface area contributed by atoms with E-state index in [4.69, 9.17) is 0 Å². The van der Waals surface area contributed by atoms with Crippen LogP contribution in [0.1, 0.15) is 0 Å². The molecule has 2 heterocycles. The summed E-state index contributed by atoms with van der Waals surface area (Å²) in [6.07, 6.45) is 4.97. The van der Waals surface area contributed by atoms with Crippen molar-refractivity contribution in [2.24, 2.45) is 0 Å². The fourth-order valence-electron chi connectivity index (χ4n) is 1.04. The number of H-pyrrole nitrogens is 1. The zero-order chi connectivity index (χ0) is 9.10. The van der Waals surface area contributed by atoms with Crippen LogP contribution in [0.5, 0.6) is 0 Å². The van der Waals surface area contributed by atoms with Crippen molar-refractivity contribution in [1.29, 1.82) is 0 Å². The van der Waals surface area contributed by atoms with Gasteiger partial charge in [-0.2, -0.15) is 10.1 Å². The number of pyridine rings is 1. The van der Waals surface area contributed by atoms with Gasteiger partial charge in [0.15, 0.2) is 0 Å². The highest BCUT2D eigenvalue weighted by molar-refractivity contribution is 5.53. The normalized spacial score (nSPS) is 9.92. The van der Waals surface area contributed by atoms with E-state index in [0.717, 1.165) is 5.69 Å². The highest BCUT2D eigenvalue weighted by Gasteiger charge is 2.04. The molecule has 0 amide bonds. The van der Waals surface area contributed by atoms with Gasteiger partial charge in [-0.3, -0.25) is 4.98 Å². The van der Waals surface area contributed by atoms with E-state index in [1.807, 2.05) is 24.1 Å². The van der Waals surface area contributed by atoms with Gasteiger partial charge < -0.3 is 4.90 Å². The second-order valence-electron chi connectivity index (χ2n) is 2.58. The molecule has 0 bridgehead atoms. The molecule has 1 N–H and O–H groups in total. The van der Waals surface area contributed by atoms with Gasteiger partial charge in [-0.15, -0.1) is 0 Å². The third kappa shape index (κ3) is 1.48. The smallest absolute Gasteiger partial charge is 0.225 e. The quantitative estimate of drug-likeness (QED) is 0.738. The molecular formula is C8H9N5. The van der Waals surface area contributed by atoms with Crippen LogP contribution in [0.3, 0.4) is 0 Å². The summed E-state index contributed by atoms with van der Waals surface area (Å²) >= 11 is 0. The van der Waals surface area contributed by atoms with Crippen molar-refractivity contribution < 1.29 is 0 Å². The van der Waals surface area contributed by atoms with E-state index in [0.29, 0.717) is 5.95 Å². The fraction of sp³-hybridized carbons (Fsp3) is 0.125. The van der Waals surface area contributed by atoms with Crippen molar-refractivity contribution >= 4 is 11.6 Å². The fourth-order valence-corrected chi connectivity index (χ4v) is 1.04. The maximum Gasteiger partial charge on any atom is 0.225 e. The molecule has 2 aromatic heterocycles. The summed E-state index contributed by atoms with van der Waals surface area (Å²) in [7, 11) is 1.90. The minimum absolute atomic E-state index is 0.702. The SMILES string of the molecule is CN(c1cccnc1)c1ncn[nH]1. The Kier molecular flexibility index (Phi) is 1.91. The predicted molar refractivity (Wildman–Crippen MR) is 48.7 cm³/mol. The number of hydrogen-bond acceptors (Lipinski definition) is 4. The molecule has 0 saturated heterocycles. The van der Waals surface area contributed by atoms with Gasteiger partial charge in [-0.1, -0.05) is 0 Å². The molecule has 0 fully saturated rings. The third-order valence-electron chi connectivity index (χ3n) is 1.75. The van der Waals surface area contributed by atoms with Gasteiger partial charge in [-0.05, 0) is 12.1 Å². The van der Waals surface area contributed by atoms with E-state index in [9.17, 15) is 0 Å². The molecule has 2 aromatic rings. The molecular weight excluding hydrogens is 166 g/mol. The Labute approximate surface area is 75.4 Å². The highest BCUT2D eigenvalue weighted by atomic mass is 15.3. The van der Waals surface area contributed by atoms with E-state index in [-0.39, 0.29) is 0 Å². The second-order valence-corrected chi connectivity index (χ2v) is 2.58. The molecule has 13 heavy (non-hydrogen) atoms. The van der Waals surface area contributed by atoms with Crippen LogP contribution in [0.2, 0.25) is 0 Å². The number of nitrogens with one attached hydrogen (secondary N) is 1. The molecule has 66 valence electrons. The number of aromatic nitrogens is 4. The number of nitrogens with zero attached hydrogens (tertiary/aromatic N) is 4. The molecule has 0 saturated carbocycles. The lowest BCUT2D eigenvalue weighted by Crippen LogP contribution is -2.11. The number of anilines is 2. The molecule has 5 heteroatoms. The number of rotatable bonds is 2. The summed E-state index contributed by atoms with van der Waals surface area (Å²) < 4.78 is 0. The lowest BCUT2D eigenvalue weighted by Gasteiger charge is -2.13. The molecule has 2 rings (SSSR count). The Bertz CT molecular complexity index is 355. The first-order valence-electron chi connectivity index (χ1n) is 3.87. The van der Waals surface area contributed by atoms with Crippen molar-refractivity contribution in [1.82, 2.24) is 20.2 Å². The molecule has 0 aliphatic rings. The zero-order valence-corrected chi connectivity index (χ0v) is 7.18. The Morgan fingerprint density at radius 2 is 2.38 bits per heavy atom. The molecule has 0 aliphatic heterocycles. The first kappa shape index (κ1) is 7.72. The van der Waals surface area contributed by atoms with Gasteiger partial charge in [-0.25, -0.2) is 5.10 Å². The molecule has 0 unspecified atom stereocenters. The second kappa shape index (κ2) is 3.22. The number of aromatic amines is 1. The Balaban J connectivity index is 2.29. The topological polar surface area (TPSA) is 57.7 Å². The average molecular weight is 175 g/mol. The Hall–Kier alpha value is -1.91. The molecule has 0 atom stereocenters. The summed E-state index contributed by atoms with van der Waals surface area (Å²) in [5.41, 5.74) is 0.972. The van der Waals surface area contributed by atoms with Gasteiger partial charge in [0, 0.05) is 13.2 Å². The lowest BCUT2D eigenvalue weighted by molar-refractivity contribution is 1.03. The summed E-state index contributed by atoms with van der Waals surface area (Å²) in [5.74, 6) is 0.702.